The lowest BCUT2D eigenvalue weighted by atomic mass is 10.3. The van der Waals surface area contributed by atoms with E-state index in [-0.39, 0.29) is 6.10 Å². The van der Waals surface area contributed by atoms with Gasteiger partial charge in [0.2, 0.25) is 0 Å². The van der Waals surface area contributed by atoms with Gasteiger partial charge >= 0.3 is 0 Å². The van der Waals surface area contributed by atoms with Crippen LogP contribution in [0.25, 0.3) is 0 Å². The first-order valence-corrected chi connectivity index (χ1v) is 7.23. The molecule has 0 amide bonds. The standard InChI is InChI=1S/C10H14O2.C4H8O.C2H6/c1-2-9(11)8-12-10-6-4-3-5-7-10;1-2-4-3-5-4;1-2/h3-7,9,11H,2,8H2,1H3;4H,2-3H2,1H3;1-2H3. The third-order valence-electron chi connectivity index (χ3n) is 2.51. The van der Waals surface area contributed by atoms with Gasteiger partial charge in [0.25, 0.3) is 0 Å². The van der Waals surface area contributed by atoms with Crippen LogP contribution < -0.4 is 4.74 Å². The minimum absolute atomic E-state index is 0.356. The molecule has 1 aliphatic heterocycles. The van der Waals surface area contributed by atoms with E-state index in [1.165, 1.54) is 6.42 Å². The number of hydrogen-bond donors (Lipinski definition) is 1. The molecule has 1 N–H and O–H groups in total. The molecule has 1 saturated heterocycles. The summed E-state index contributed by atoms with van der Waals surface area (Å²) in [6, 6.07) is 9.51. The number of rotatable bonds is 5. The van der Waals surface area contributed by atoms with E-state index in [2.05, 4.69) is 6.92 Å². The highest BCUT2D eigenvalue weighted by Crippen LogP contribution is 2.11. The summed E-state index contributed by atoms with van der Waals surface area (Å²) in [6.45, 7) is 9.45. The Balaban J connectivity index is 0.000000383. The Morgan fingerprint density at radius 3 is 2.21 bits per heavy atom. The van der Waals surface area contributed by atoms with E-state index in [0.717, 1.165) is 18.8 Å². The Labute approximate surface area is 117 Å². The summed E-state index contributed by atoms with van der Waals surface area (Å²) in [5.74, 6) is 0.810. The van der Waals surface area contributed by atoms with Crippen molar-refractivity contribution < 1.29 is 14.6 Å². The van der Waals surface area contributed by atoms with Gasteiger partial charge < -0.3 is 14.6 Å². The average Bonchev–Trinajstić information content (AvgIpc) is 3.32. The maximum absolute atomic E-state index is 9.19. The molecule has 1 fully saturated rings. The number of aliphatic hydroxyl groups is 1. The molecule has 2 rings (SSSR count). The Kier molecular flexibility index (Phi) is 11.3. The van der Waals surface area contributed by atoms with Crippen molar-refractivity contribution in [2.24, 2.45) is 0 Å². The summed E-state index contributed by atoms with van der Waals surface area (Å²) < 4.78 is 10.2. The largest absolute Gasteiger partial charge is 0.491 e. The summed E-state index contributed by atoms with van der Waals surface area (Å²) in [6.07, 6.45) is 2.20. The van der Waals surface area contributed by atoms with Crippen LogP contribution >= 0.6 is 0 Å². The molecular formula is C16H28O3. The zero-order valence-corrected chi connectivity index (χ0v) is 12.6. The van der Waals surface area contributed by atoms with Crippen molar-refractivity contribution in [1.82, 2.24) is 0 Å². The van der Waals surface area contributed by atoms with Gasteiger partial charge in [-0.3, -0.25) is 0 Å². The summed E-state index contributed by atoms with van der Waals surface area (Å²) in [4.78, 5) is 0. The number of ether oxygens (including phenoxy) is 2. The third kappa shape index (κ3) is 10.5. The molecule has 3 nitrogen and oxygen atoms in total. The molecule has 0 bridgehead atoms. The minimum atomic E-state index is -0.356. The first-order valence-electron chi connectivity index (χ1n) is 7.23. The van der Waals surface area contributed by atoms with Crippen LogP contribution in [0.15, 0.2) is 30.3 Å². The second-order valence-electron chi connectivity index (χ2n) is 4.05. The van der Waals surface area contributed by atoms with E-state index >= 15 is 0 Å². The lowest BCUT2D eigenvalue weighted by Gasteiger charge is -2.09. The van der Waals surface area contributed by atoms with E-state index in [1.54, 1.807) is 0 Å². The molecule has 0 saturated carbocycles. The molecule has 2 atom stereocenters. The molecule has 0 aromatic heterocycles. The smallest absolute Gasteiger partial charge is 0.119 e. The highest BCUT2D eigenvalue weighted by molar-refractivity contribution is 5.20. The quantitative estimate of drug-likeness (QED) is 0.829. The first-order chi connectivity index (χ1) is 9.26. The van der Waals surface area contributed by atoms with Crippen molar-refractivity contribution in [2.45, 2.75) is 52.7 Å². The molecule has 110 valence electrons. The second-order valence-corrected chi connectivity index (χ2v) is 4.05. The van der Waals surface area contributed by atoms with Gasteiger partial charge in [-0.2, -0.15) is 0 Å². The summed E-state index contributed by atoms with van der Waals surface area (Å²) in [7, 11) is 0. The Hall–Kier alpha value is -1.06. The van der Waals surface area contributed by atoms with Crippen LogP contribution in [0.5, 0.6) is 5.75 Å². The summed E-state index contributed by atoms with van der Waals surface area (Å²) in [5, 5.41) is 9.19. The molecule has 0 radical (unpaired) electrons. The second kappa shape index (κ2) is 12.0. The fraction of sp³-hybridized carbons (Fsp3) is 0.625. The van der Waals surface area contributed by atoms with Gasteiger partial charge in [0.15, 0.2) is 0 Å². The fourth-order valence-electron chi connectivity index (χ4n) is 1.13. The zero-order valence-electron chi connectivity index (χ0n) is 12.6. The van der Waals surface area contributed by atoms with Crippen molar-refractivity contribution >= 4 is 0 Å². The fourth-order valence-corrected chi connectivity index (χ4v) is 1.13. The summed E-state index contributed by atoms with van der Waals surface area (Å²) >= 11 is 0. The van der Waals surface area contributed by atoms with Crippen molar-refractivity contribution in [3.8, 4) is 5.75 Å². The van der Waals surface area contributed by atoms with E-state index in [9.17, 15) is 5.11 Å². The lowest BCUT2D eigenvalue weighted by molar-refractivity contribution is 0.104. The molecule has 19 heavy (non-hydrogen) atoms. The Bertz CT molecular complexity index is 283. The molecule has 2 unspecified atom stereocenters. The summed E-state index contributed by atoms with van der Waals surface area (Å²) in [5.41, 5.74) is 0. The van der Waals surface area contributed by atoms with Crippen LogP contribution in [0.1, 0.15) is 40.5 Å². The van der Waals surface area contributed by atoms with E-state index in [0.29, 0.717) is 12.7 Å². The monoisotopic (exact) mass is 268 g/mol. The third-order valence-corrected chi connectivity index (χ3v) is 2.51. The van der Waals surface area contributed by atoms with E-state index in [1.807, 2.05) is 51.1 Å². The minimum Gasteiger partial charge on any atom is -0.491 e. The van der Waals surface area contributed by atoms with Crippen molar-refractivity contribution in [3.63, 3.8) is 0 Å². The van der Waals surface area contributed by atoms with Crippen molar-refractivity contribution in [1.29, 1.82) is 0 Å². The maximum atomic E-state index is 9.19. The van der Waals surface area contributed by atoms with Crippen molar-refractivity contribution in [3.05, 3.63) is 30.3 Å². The van der Waals surface area contributed by atoms with E-state index < -0.39 is 0 Å². The average molecular weight is 268 g/mol. The van der Waals surface area contributed by atoms with Crippen LogP contribution in [-0.2, 0) is 4.74 Å². The molecule has 1 aliphatic rings. The number of benzene rings is 1. The van der Waals surface area contributed by atoms with Gasteiger partial charge in [0.1, 0.15) is 12.4 Å². The molecule has 1 aromatic carbocycles. The first kappa shape index (κ1) is 17.9. The van der Waals surface area contributed by atoms with Crippen LogP contribution in [0.3, 0.4) is 0 Å². The van der Waals surface area contributed by atoms with Gasteiger partial charge in [-0.15, -0.1) is 0 Å². The molecular weight excluding hydrogens is 240 g/mol. The molecule has 3 heteroatoms. The highest BCUT2D eigenvalue weighted by Gasteiger charge is 2.18. The number of hydrogen-bond acceptors (Lipinski definition) is 3. The van der Waals surface area contributed by atoms with Gasteiger partial charge in [-0.05, 0) is 25.0 Å². The molecule has 1 aromatic rings. The molecule has 1 heterocycles. The number of para-hydroxylation sites is 1. The predicted octanol–water partition coefficient (Wildman–Crippen LogP) is 3.66. The normalized spacial score (nSPS) is 17.2. The van der Waals surface area contributed by atoms with Gasteiger partial charge in [0.05, 0.1) is 18.8 Å². The number of epoxide rings is 1. The number of aliphatic hydroxyl groups excluding tert-OH is 1. The molecule has 0 aliphatic carbocycles. The van der Waals surface area contributed by atoms with Crippen LogP contribution in [0.2, 0.25) is 0 Å². The van der Waals surface area contributed by atoms with Gasteiger partial charge in [-0.1, -0.05) is 45.9 Å². The Morgan fingerprint density at radius 2 is 1.84 bits per heavy atom. The van der Waals surface area contributed by atoms with Crippen LogP contribution in [-0.4, -0.2) is 30.5 Å². The Morgan fingerprint density at radius 1 is 1.26 bits per heavy atom. The van der Waals surface area contributed by atoms with Crippen molar-refractivity contribution in [2.75, 3.05) is 13.2 Å². The lowest BCUT2D eigenvalue weighted by Crippen LogP contribution is -2.15. The van der Waals surface area contributed by atoms with Crippen LogP contribution in [0, 0.1) is 0 Å². The topological polar surface area (TPSA) is 42.0 Å². The predicted molar refractivity (Wildman–Crippen MR) is 79.6 cm³/mol. The maximum Gasteiger partial charge on any atom is 0.119 e. The van der Waals surface area contributed by atoms with Gasteiger partial charge in [0, 0.05) is 0 Å². The highest BCUT2D eigenvalue weighted by atomic mass is 16.6. The molecule has 0 spiro atoms. The zero-order chi connectivity index (χ0) is 14.5. The SMILES string of the molecule is CC.CCC(O)COc1ccccc1.CCC1CO1. The van der Waals surface area contributed by atoms with Crippen LogP contribution in [0.4, 0.5) is 0 Å². The van der Waals surface area contributed by atoms with Gasteiger partial charge in [-0.25, -0.2) is 0 Å². The van der Waals surface area contributed by atoms with E-state index in [4.69, 9.17) is 9.47 Å².